The molecule has 0 aliphatic heterocycles. The summed E-state index contributed by atoms with van der Waals surface area (Å²) in [5.41, 5.74) is 16.3. The molecule has 0 aromatic heterocycles. The minimum Gasteiger partial charge on any atom is -0.0619 e. The largest absolute Gasteiger partial charge is 0.0619 e. The van der Waals surface area contributed by atoms with Gasteiger partial charge in [-0.15, -0.1) is 0 Å². The van der Waals surface area contributed by atoms with Gasteiger partial charge in [-0.25, -0.2) is 0 Å². The molecular formula is C52H38. The zero-order chi connectivity index (χ0) is 34.9. The zero-order valence-corrected chi connectivity index (χ0v) is 30.0. The third-order valence-electron chi connectivity index (χ3n) is 12.6. The maximum absolute atomic E-state index is 2.50. The first-order valence-corrected chi connectivity index (χ1v) is 18.6. The summed E-state index contributed by atoms with van der Waals surface area (Å²) < 4.78 is 0. The fourth-order valence-corrected chi connectivity index (χ4v) is 10.1. The average Bonchev–Trinajstić information content (AvgIpc) is 3.58. The van der Waals surface area contributed by atoms with E-state index in [1.165, 1.54) is 110 Å². The minimum absolute atomic E-state index is 0.0169. The van der Waals surface area contributed by atoms with Crippen LogP contribution >= 0.6 is 0 Å². The van der Waals surface area contributed by atoms with Gasteiger partial charge in [0.1, 0.15) is 0 Å². The molecule has 0 bridgehead atoms. The molecule has 0 spiro atoms. The van der Waals surface area contributed by atoms with Crippen molar-refractivity contribution >= 4 is 54.2 Å². The van der Waals surface area contributed by atoms with Gasteiger partial charge in [-0.05, 0) is 116 Å². The highest BCUT2D eigenvalue weighted by Crippen LogP contribution is 2.62. The summed E-state index contributed by atoms with van der Waals surface area (Å²) in [7, 11) is 0. The van der Waals surface area contributed by atoms with Crippen molar-refractivity contribution in [1.29, 1.82) is 0 Å². The van der Waals surface area contributed by atoms with Crippen LogP contribution in [0.25, 0.3) is 87.6 Å². The number of hydrogen-bond acceptors (Lipinski definition) is 0. The number of allylic oxidation sites excluding steroid dienone is 2. The monoisotopic (exact) mass is 662 g/mol. The molecule has 0 saturated heterocycles. The van der Waals surface area contributed by atoms with Crippen LogP contribution in [-0.4, -0.2) is 0 Å². The van der Waals surface area contributed by atoms with Crippen LogP contribution in [0.1, 0.15) is 49.9 Å². The highest BCUT2D eigenvalue weighted by Gasteiger charge is 2.49. The first-order valence-electron chi connectivity index (χ1n) is 18.6. The molecule has 2 aliphatic carbocycles. The summed E-state index contributed by atoms with van der Waals surface area (Å²) in [5, 5.41) is 10.5. The Morgan fingerprint density at radius 1 is 0.308 bits per heavy atom. The Morgan fingerprint density at radius 3 is 1.46 bits per heavy atom. The average molecular weight is 663 g/mol. The molecule has 11 rings (SSSR count). The second-order valence-electron chi connectivity index (χ2n) is 16.1. The number of benzene rings is 9. The second kappa shape index (κ2) is 10.3. The van der Waals surface area contributed by atoms with E-state index in [4.69, 9.17) is 0 Å². The lowest BCUT2D eigenvalue weighted by molar-refractivity contribution is 0.694. The van der Waals surface area contributed by atoms with Gasteiger partial charge in [0.2, 0.25) is 0 Å². The second-order valence-corrected chi connectivity index (χ2v) is 16.1. The van der Waals surface area contributed by atoms with Gasteiger partial charge >= 0.3 is 0 Å². The normalized spacial score (nSPS) is 15.5. The van der Waals surface area contributed by atoms with Crippen molar-refractivity contribution in [2.24, 2.45) is 0 Å². The third kappa shape index (κ3) is 3.87. The molecule has 0 saturated carbocycles. The van der Waals surface area contributed by atoms with Crippen LogP contribution in [-0.2, 0) is 10.8 Å². The molecule has 0 heterocycles. The standard InChI is InChI=1S/C52H38/c1-51(2)45-15-8-7-13-43(45)49-50(51)44-29-24-36(30-46(44)52(49,3)4)40-26-21-35-22-27-41-39(25-20-34-23-28-42(40)48(35)47(34)41)33-18-16-32(17-19-33)38-14-9-11-31-10-5-6-12-37(31)38/h5-30H,1-4H3. The highest BCUT2D eigenvalue weighted by molar-refractivity contribution is 6.27. The van der Waals surface area contributed by atoms with E-state index in [1.54, 1.807) is 0 Å². The van der Waals surface area contributed by atoms with Gasteiger partial charge in [-0.3, -0.25) is 0 Å². The van der Waals surface area contributed by atoms with Crippen molar-refractivity contribution in [2.45, 2.75) is 38.5 Å². The first-order chi connectivity index (χ1) is 25.3. The number of rotatable bonds is 3. The summed E-state index contributed by atoms with van der Waals surface area (Å²) in [5.74, 6) is 0. The molecule has 0 unspecified atom stereocenters. The lowest BCUT2D eigenvalue weighted by Gasteiger charge is -2.28. The molecule has 9 aromatic rings. The van der Waals surface area contributed by atoms with Crippen LogP contribution in [0.2, 0.25) is 0 Å². The lowest BCUT2D eigenvalue weighted by atomic mass is 9.75. The minimum atomic E-state index is -0.0770. The molecule has 0 heteroatoms. The van der Waals surface area contributed by atoms with Crippen molar-refractivity contribution in [3.63, 3.8) is 0 Å². The molecule has 0 N–H and O–H groups in total. The topological polar surface area (TPSA) is 0 Å². The van der Waals surface area contributed by atoms with Gasteiger partial charge in [0.15, 0.2) is 0 Å². The third-order valence-corrected chi connectivity index (χ3v) is 12.6. The number of hydrogen-bond donors (Lipinski definition) is 0. The van der Waals surface area contributed by atoms with Crippen molar-refractivity contribution in [3.8, 4) is 33.4 Å². The summed E-state index contributed by atoms with van der Waals surface area (Å²) >= 11 is 0. The summed E-state index contributed by atoms with van der Waals surface area (Å²) in [6, 6.07) is 59.4. The van der Waals surface area contributed by atoms with E-state index in [1.807, 2.05) is 0 Å². The predicted molar refractivity (Wildman–Crippen MR) is 223 cm³/mol. The Labute approximate surface area is 305 Å². The molecule has 246 valence electrons. The molecule has 0 amide bonds. The lowest BCUT2D eigenvalue weighted by Crippen LogP contribution is -2.19. The smallest absolute Gasteiger partial charge is 0.0162 e. The van der Waals surface area contributed by atoms with Crippen molar-refractivity contribution in [2.75, 3.05) is 0 Å². The van der Waals surface area contributed by atoms with Crippen LogP contribution in [0.15, 0.2) is 158 Å². The van der Waals surface area contributed by atoms with Gasteiger partial charge in [-0.1, -0.05) is 179 Å². The Bertz CT molecular complexity index is 2980. The Kier molecular flexibility index (Phi) is 5.89. The molecule has 0 nitrogen and oxygen atoms in total. The maximum atomic E-state index is 2.50. The van der Waals surface area contributed by atoms with Crippen molar-refractivity contribution in [3.05, 3.63) is 180 Å². The molecule has 2 aliphatic rings. The molecular weight excluding hydrogens is 625 g/mol. The number of fused-ring (bicyclic) bond motifs is 5. The van der Waals surface area contributed by atoms with Crippen LogP contribution < -0.4 is 0 Å². The van der Waals surface area contributed by atoms with Crippen LogP contribution in [0.4, 0.5) is 0 Å². The van der Waals surface area contributed by atoms with Gasteiger partial charge in [0.25, 0.3) is 0 Å². The van der Waals surface area contributed by atoms with E-state index in [0.29, 0.717) is 0 Å². The van der Waals surface area contributed by atoms with Gasteiger partial charge < -0.3 is 0 Å². The van der Waals surface area contributed by atoms with Gasteiger partial charge in [0.05, 0.1) is 0 Å². The maximum Gasteiger partial charge on any atom is 0.0162 e. The summed E-state index contributed by atoms with van der Waals surface area (Å²) in [6.45, 7) is 9.66. The van der Waals surface area contributed by atoms with Gasteiger partial charge in [0, 0.05) is 10.8 Å². The molecule has 9 aromatic carbocycles. The van der Waals surface area contributed by atoms with E-state index < -0.39 is 0 Å². The molecule has 0 atom stereocenters. The Morgan fingerprint density at radius 2 is 0.769 bits per heavy atom. The Balaban J connectivity index is 1.04. The van der Waals surface area contributed by atoms with E-state index in [-0.39, 0.29) is 10.8 Å². The van der Waals surface area contributed by atoms with Crippen LogP contribution in [0.3, 0.4) is 0 Å². The predicted octanol–water partition coefficient (Wildman–Crippen LogP) is 14.2. The van der Waals surface area contributed by atoms with E-state index in [9.17, 15) is 0 Å². The molecule has 0 fully saturated rings. The van der Waals surface area contributed by atoms with E-state index in [0.717, 1.165) is 0 Å². The molecule has 52 heavy (non-hydrogen) atoms. The Hall–Kier alpha value is -5.98. The first kappa shape index (κ1) is 29.7. The van der Waals surface area contributed by atoms with Crippen LogP contribution in [0, 0.1) is 0 Å². The molecule has 0 radical (unpaired) electrons. The summed E-state index contributed by atoms with van der Waals surface area (Å²) in [4.78, 5) is 0. The highest BCUT2D eigenvalue weighted by atomic mass is 14.5. The zero-order valence-electron chi connectivity index (χ0n) is 30.0. The summed E-state index contributed by atoms with van der Waals surface area (Å²) in [6.07, 6.45) is 0. The van der Waals surface area contributed by atoms with E-state index >= 15 is 0 Å². The van der Waals surface area contributed by atoms with E-state index in [2.05, 4.69) is 185 Å². The van der Waals surface area contributed by atoms with Crippen LogP contribution in [0.5, 0.6) is 0 Å². The fraction of sp³-hybridized carbons (Fsp3) is 0.115. The van der Waals surface area contributed by atoms with Gasteiger partial charge in [-0.2, -0.15) is 0 Å². The quantitative estimate of drug-likeness (QED) is 0.165. The SMILES string of the molecule is CC1(C)C2=C(c3ccccc31)C(C)(C)c1cc(-c3ccc4ccc5c(-c6ccc(-c7cccc8ccccc78)cc6)ccc6ccc3c4c65)ccc12. The van der Waals surface area contributed by atoms with Crippen molar-refractivity contribution in [1.82, 2.24) is 0 Å². The fourth-order valence-electron chi connectivity index (χ4n) is 10.1. The van der Waals surface area contributed by atoms with Crippen molar-refractivity contribution < 1.29 is 0 Å².